The first-order valence-corrected chi connectivity index (χ1v) is 6.32. The Bertz CT molecular complexity index is 403. The van der Waals surface area contributed by atoms with Gasteiger partial charge in [0.05, 0.1) is 12.2 Å². The van der Waals surface area contributed by atoms with E-state index in [2.05, 4.69) is 0 Å². The summed E-state index contributed by atoms with van der Waals surface area (Å²) < 4.78 is 5.62. The predicted octanol–water partition coefficient (Wildman–Crippen LogP) is 1.74. The molecule has 1 unspecified atom stereocenters. The van der Waals surface area contributed by atoms with Crippen LogP contribution in [0.4, 0.5) is 0 Å². The zero-order chi connectivity index (χ0) is 13.1. The van der Waals surface area contributed by atoms with Gasteiger partial charge in [0.15, 0.2) is 0 Å². The molecule has 0 bridgehead atoms. The minimum Gasteiger partial charge on any atom is -0.372 e. The van der Waals surface area contributed by atoms with Gasteiger partial charge in [0.2, 0.25) is 5.91 Å². The smallest absolute Gasteiger partial charge is 0.244 e. The Morgan fingerprint density at radius 3 is 2.32 bits per heavy atom. The van der Waals surface area contributed by atoms with Crippen molar-refractivity contribution in [3.63, 3.8) is 0 Å². The van der Waals surface area contributed by atoms with Crippen LogP contribution in [0.5, 0.6) is 0 Å². The number of carbonyl (C=O) groups is 1. The maximum atomic E-state index is 12.3. The molecule has 2 rings (SSSR count). The van der Waals surface area contributed by atoms with E-state index in [-0.39, 0.29) is 30.5 Å². The minimum absolute atomic E-state index is 0. The van der Waals surface area contributed by atoms with Gasteiger partial charge in [-0.1, -0.05) is 30.3 Å². The van der Waals surface area contributed by atoms with Gasteiger partial charge in [-0.15, -0.1) is 12.4 Å². The molecule has 1 aliphatic heterocycles. The number of ether oxygens (including phenoxy) is 1. The molecule has 1 heterocycles. The average Bonchev–Trinajstić information content (AvgIpc) is 2.37. The highest BCUT2D eigenvalue weighted by Crippen LogP contribution is 2.17. The summed E-state index contributed by atoms with van der Waals surface area (Å²) in [6.45, 7) is 5.18. The number of hydrogen-bond acceptors (Lipinski definition) is 3. The second kappa shape index (κ2) is 6.89. The van der Waals surface area contributed by atoms with Gasteiger partial charge in [-0.05, 0) is 19.4 Å². The van der Waals surface area contributed by atoms with Crippen LogP contribution in [0.25, 0.3) is 0 Å². The number of nitrogens with two attached hydrogens (primary N) is 1. The molecule has 1 aliphatic rings. The number of morpholine rings is 1. The molecule has 1 fully saturated rings. The van der Waals surface area contributed by atoms with Crippen LogP contribution in [-0.2, 0) is 9.53 Å². The fourth-order valence-electron chi connectivity index (χ4n) is 2.36. The standard InChI is InChI=1S/C14H20N2O2.ClH/c1-10-8-16(9-11(2)18-10)14(17)13(15)12-6-4-3-5-7-12;/h3-7,10-11,13H,8-9,15H2,1-2H3;1H/t10-,11+,13?;. The Balaban J connectivity index is 0.00000180. The van der Waals surface area contributed by atoms with Crippen molar-refractivity contribution in [2.45, 2.75) is 32.1 Å². The molecule has 4 nitrogen and oxygen atoms in total. The van der Waals surface area contributed by atoms with Crippen LogP contribution >= 0.6 is 12.4 Å². The van der Waals surface area contributed by atoms with Crippen LogP contribution in [-0.4, -0.2) is 36.1 Å². The highest BCUT2D eigenvalue weighted by atomic mass is 35.5. The van der Waals surface area contributed by atoms with Gasteiger partial charge < -0.3 is 15.4 Å². The lowest BCUT2D eigenvalue weighted by atomic mass is 10.1. The van der Waals surface area contributed by atoms with Crippen molar-refractivity contribution in [2.24, 2.45) is 5.73 Å². The molecule has 5 heteroatoms. The first kappa shape index (κ1) is 16.0. The van der Waals surface area contributed by atoms with Crippen LogP contribution < -0.4 is 5.73 Å². The first-order chi connectivity index (χ1) is 8.58. The van der Waals surface area contributed by atoms with E-state index in [9.17, 15) is 4.79 Å². The monoisotopic (exact) mass is 284 g/mol. The third kappa shape index (κ3) is 3.93. The Labute approximate surface area is 120 Å². The van der Waals surface area contributed by atoms with E-state index >= 15 is 0 Å². The molecule has 0 saturated carbocycles. The molecule has 1 aromatic rings. The van der Waals surface area contributed by atoms with Crippen molar-refractivity contribution in [1.29, 1.82) is 0 Å². The van der Waals surface area contributed by atoms with Crippen LogP contribution in [0, 0.1) is 0 Å². The van der Waals surface area contributed by atoms with Crippen molar-refractivity contribution < 1.29 is 9.53 Å². The van der Waals surface area contributed by atoms with Crippen LogP contribution in [0.15, 0.2) is 30.3 Å². The summed E-state index contributed by atoms with van der Waals surface area (Å²) in [6, 6.07) is 8.90. The average molecular weight is 285 g/mol. The Morgan fingerprint density at radius 1 is 1.26 bits per heavy atom. The van der Waals surface area contributed by atoms with Gasteiger partial charge in [0.25, 0.3) is 0 Å². The third-order valence-electron chi connectivity index (χ3n) is 3.16. The van der Waals surface area contributed by atoms with Crippen molar-refractivity contribution in [2.75, 3.05) is 13.1 Å². The zero-order valence-electron chi connectivity index (χ0n) is 11.3. The van der Waals surface area contributed by atoms with Gasteiger partial charge >= 0.3 is 0 Å². The lowest BCUT2D eigenvalue weighted by Crippen LogP contribution is -2.50. The summed E-state index contributed by atoms with van der Waals surface area (Å²) in [6.07, 6.45) is 0.140. The summed E-state index contributed by atoms with van der Waals surface area (Å²) in [5, 5.41) is 0. The van der Waals surface area contributed by atoms with Crippen LogP contribution in [0.3, 0.4) is 0 Å². The topological polar surface area (TPSA) is 55.6 Å². The number of halogens is 1. The molecule has 1 aromatic carbocycles. The number of carbonyl (C=O) groups excluding carboxylic acids is 1. The van der Waals surface area contributed by atoms with Crippen molar-refractivity contribution in [3.8, 4) is 0 Å². The molecule has 0 radical (unpaired) electrons. The SMILES string of the molecule is C[C@@H]1CN(C(=O)C(N)c2ccccc2)C[C@H](C)O1.Cl. The summed E-state index contributed by atoms with van der Waals surface area (Å²) in [5.41, 5.74) is 6.88. The molecular formula is C14H21ClN2O2. The molecule has 3 atom stereocenters. The Morgan fingerprint density at radius 2 is 1.79 bits per heavy atom. The number of hydrogen-bond donors (Lipinski definition) is 1. The van der Waals surface area contributed by atoms with Gasteiger partial charge in [-0.25, -0.2) is 0 Å². The zero-order valence-corrected chi connectivity index (χ0v) is 12.1. The maximum absolute atomic E-state index is 12.3. The van der Waals surface area contributed by atoms with E-state index in [1.165, 1.54) is 0 Å². The molecule has 0 aliphatic carbocycles. The Hall–Kier alpha value is -1.10. The molecule has 1 saturated heterocycles. The number of nitrogens with zero attached hydrogens (tertiary/aromatic N) is 1. The van der Waals surface area contributed by atoms with Crippen molar-refractivity contribution in [1.82, 2.24) is 4.90 Å². The summed E-state index contributed by atoms with van der Waals surface area (Å²) in [5.74, 6) is -0.0248. The van der Waals surface area contributed by atoms with E-state index < -0.39 is 6.04 Å². The quantitative estimate of drug-likeness (QED) is 0.900. The van der Waals surface area contributed by atoms with E-state index in [0.717, 1.165) is 5.56 Å². The molecule has 0 spiro atoms. The Kier molecular flexibility index (Phi) is 5.79. The van der Waals surface area contributed by atoms with Gasteiger partial charge in [-0.3, -0.25) is 4.79 Å². The van der Waals surface area contributed by atoms with Gasteiger partial charge in [0, 0.05) is 13.1 Å². The third-order valence-corrected chi connectivity index (χ3v) is 3.16. The predicted molar refractivity (Wildman–Crippen MR) is 77.2 cm³/mol. The highest BCUT2D eigenvalue weighted by molar-refractivity contribution is 5.85. The lowest BCUT2D eigenvalue weighted by Gasteiger charge is -2.36. The molecule has 2 N–H and O–H groups in total. The van der Waals surface area contributed by atoms with Crippen molar-refractivity contribution in [3.05, 3.63) is 35.9 Å². The molecule has 1 amide bonds. The first-order valence-electron chi connectivity index (χ1n) is 6.32. The molecule has 106 valence electrons. The molecule has 0 aromatic heterocycles. The summed E-state index contributed by atoms with van der Waals surface area (Å²) >= 11 is 0. The maximum Gasteiger partial charge on any atom is 0.244 e. The second-order valence-corrected chi connectivity index (χ2v) is 4.89. The molecular weight excluding hydrogens is 264 g/mol. The van der Waals surface area contributed by atoms with E-state index in [4.69, 9.17) is 10.5 Å². The second-order valence-electron chi connectivity index (χ2n) is 4.89. The fourth-order valence-corrected chi connectivity index (χ4v) is 2.36. The van der Waals surface area contributed by atoms with Crippen molar-refractivity contribution >= 4 is 18.3 Å². The van der Waals surface area contributed by atoms with Gasteiger partial charge in [-0.2, -0.15) is 0 Å². The summed E-state index contributed by atoms with van der Waals surface area (Å²) in [7, 11) is 0. The van der Waals surface area contributed by atoms with E-state index in [1.807, 2.05) is 44.2 Å². The number of amides is 1. The number of rotatable bonds is 2. The van der Waals surface area contributed by atoms with E-state index in [0.29, 0.717) is 13.1 Å². The van der Waals surface area contributed by atoms with Gasteiger partial charge in [0.1, 0.15) is 6.04 Å². The summed E-state index contributed by atoms with van der Waals surface area (Å²) in [4.78, 5) is 14.1. The van der Waals surface area contributed by atoms with Crippen LogP contribution in [0.2, 0.25) is 0 Å². The van der Waals surface area contributed by atoms with Crippen LogP contribution in [0.1, 0.15) is 25.5 Å². The number of benzene rings is 1. The fraction of sp³-hybridized carbons (Fsp3) is 0.500. The molecule has 19 heavy (non-hydrogen) atoms. The minimum atomic E-state index is -0.580. The normalized spacial score (nSPS) is 24.5. The largest absolute Gasteiger partial charge is 0.372 e. The van der Waals surface area contributed by atoms with E-state index in [1.54, 1.807) is 4.90 Å². The lowest BCUT2D eigenvalue weighted by molar-refractivity contribution is -0.144. The highest BCUT2D eigenvalue weighted by Gasteiger charge is 2.29.